The fourth-order valence-electron chi connectivity index (χ4n) is 8.49. The van der Waals surface area contributed by atoms with Crippen LogP contribution in [0.2, 0.25) is 0 Å². The summed E-state index contributed by atoms with van der Waals surface area (Å²) < 4.78 is 22.7. The molecule has 7 heterocycles. The first-order valence-electron chi connectivity index (χ1n) is 23.1. The van der Waals surface area contributed by atoms with Crippen LogP contribution < -0.4 is 25.5 Å². The second-order valence-corrected chi connectivity index (χ2v) is 26.7. The maximum atomic E-state index is 12.3. The van der Waals surface area contributed by atoms with Crippen LogP contribution in [0.3, 0.4) is 0 Å². The van der Waals surface area contributed by atoms with Crippen LogP contribution in [0.1, 0.15) is 80.4 Å². The first-order valence-corrected chi connectivity index (χ1v) is 28.7. The van der Waals surface area contributed by atoms with Gasteiger partial charge >= 0.3 is 12.3 Å². The van der Waals surface area contributed by atoms with E-state index in [4.69, 9.17) is 20.9 Å². The smallest absolute Gasteiger partial charge is 0.399 e. The lowest BCUT2D eigenvalue weighted by molar-refractivity contribution is -0.118. The van der Waals surface area contributed by atoms with Gasteiger partial charge in [0.2, 0.25) is 11.8 Å². The highest BCUT2D eigenvalue weighted by Crippen LogP contribution is 2.61. The Morgan fingerprint density at radius 3 is 1.49 bits per heavy atom. The highest BCUT2D eigenvalue weighted by atomic mass is 79.9. The van der Waals surface area contributed by atoms with E-state index in [1.54, 1.807) is 24.8 Å². The van der Waals surface area contributed by atoms with Crippen LogP contribution in [0.25, 0.3) is 22.3 Å². The first-order chi connectivity index (χ1) is 33.9. The molecule has 1 saturated heterocycles. The molecule has 4 aliphatic rings. The van der Waals surface area contributed by atoms with E-state index in [1.807, 2.05) is 120 Å². The van der Waals surface area contributed by atoms with Crippen LogP contribution in [0.4, 0.5) is 22.7 Å². The largest absolute Gasteiger partial charge is 0.495 e. The molecular formula is C50H57BBrCl4N10O5P. The summed E-state index contributed by atoms with van der Waals surface area (Å²) in [6.45, 7) is 20.6. The van der Waals surface area contributed by atoms with E-state index in [2.05, 4.69) is 116 Å². The first kappa shape index (κ1) is 56.6. The van der Waals surface area contributed by atoms with E-state index < -0.39 is 12.3 Å². The number of nitrogens with one attached hydrogen (secondary N) is 1. The highest BCUT2D eigenvalue weighted by Gasteiger charge is 2.53. The molecule has 10 rings (SSSR count). The number of hydrogen-bond acceptors (Lipinski definition) is 13. The van der Waals surface area contributed by atoms with Crippen molar-refractivity contribution in [3.63, 3.8) is 0 Å². The van der Waals surface area contributed by atoms with Crippen LogP contribution in [0.15, 0.2) is 115 Å². The van der Waals surface area contributed by atoms with Gasteiger partial charge in [-0.25, -0.2) is 29.9 Å². The lowest BCUT2D eigenvalue weighted by Gasteiger charge is -2.32. The van der Waals surface area contributed by atoms with E-state index >= 15 is 0 Å². The Hall–Kier alpha value is -4.71. The molecule has 0 spiro atoms. The minimum Gasteiger partial charge on any atom is -0.399 e. The fraction of sp³-hybridized carbons (Fsp3) is 0.360. The van der Waals surface area contributed by atoms with Crippen molar-refractivity contribution >= 4 is 114 Å². The Morgan fingerprint density at radius 2 is 1.04 bits per heavy atom. The summed E-state index contributed by atoms with van der Waals surface area (Å²) in [5, 5.41) is 0.109. The summed E-state index contributed by atoms with van der Waals surface area (Å²) in [5.74, 6) is 0.309. The van der Waals surface area contributed by atoms with Crippen LogP contribution in [0, 0.1) is 0 Å². The van der Waals surface area contributed by atoms with E-state index in [0.29, 0.717) is 18.9 Å². The minimum absolute atomic E-state index is 0.147. The molecule has 2 amide bonds. The maximum Gasteiger partial charge on any atom is 0.495 e. The second-order valence-electron chi connectivity index (χ2n) is 18.7. The molecule has 3 aromatic heterocycles. The van der Waals surface area contributed by atoms with Crippen LogP contribution in [-0.2, 0) is 36.3 Å². The van der Waals surface area contributed by atoms with Crippen molar-refractivity contribution in [2.75, 3.05) is 20.0 Å². The number of rotatable bonds is 6. The number of alkyl halides is 1. The van der Waals surface area contributed by atoms with Gasteiger partial charge in [0.25, 0.3) is 0 Å². The highest BCUT2D eigenvalue weighted by molar-refractivity contribution is 9.10. The van der Waals surface area contributed by atoms with E-state index in [1.165, 1.54) is 19.0 Å². The second kappa shape index (κ2) is 24.1. The molecule has 6 aromatic rings. The van der Waals surface area contributed by atoms with Gasteiger partial charge < -0.3 is 29.3 Å². The summed E-state index contributed by atoms with van der Waals surface area (Å²) in [5.41, 5.74) is 10.4. The molecule has 0 radical (unpaired) electrons. The number of benzene rings is 3. The molecule has 1 unspecified atom stereocenters. The average Bonchev–Trinajstić information content (AvgIpc) is 4.02. The van der Waals surface area contributed by atoms with E-state index in [9.17, 15) is 14.2 Å². The predicted octanol–water partition coefficient (Wildman–Crippen LogP) is 12.1. The van der Waals surface area contributed by atoms with Gasteiger partial charge in [-0.3, -0.25) is 14.2 Å². The number of anilines is 4. The summed E-state index contributed by atoms with van der Waals surface area (Å²) in [6, 6.07) is 18.8. The van der Waals surface area contributed by atoms with Gasteiger partial charge in [0.15, 0.2) is 5.62 Å². The molecule has 72 heavy (non-hydrogen) atoms. The summed E-state index contributed by atoms with van der Waals surface area (Å²) in [7, 11) is -0.417. The molecule has 1 fully saturated rings. The number of carbonyl (C=O) groups excluding carboxylic acids is 2. The molecule has 380 valence electrons. The van der Waals surface area contributed by atoms with Gasteiger partial charge in [0.05, 0.1) is 39.9 Å². The molecule has 4 aliphatic heterocycles. The molecule has 1 N–H and O–H groups in total. The number of carbonyl (C=O) groups is 2. The number of halogens is 5. The maximum absolute atomic E-state index is 12.3. The number of fused-ring (bicyclic) bond motifs is 3. The molecule has 3 aromatic carbocycles. The SMILES string of the molecule is Brc1cncnc1.CC(C)N1C(=O)Cc2c(-c3cncnc3)cccc21.CC(C)N1C(=O)Cc2c(B3OC(C)(C)C(C)(C)O3)cccc21.CC(C)N1c2cccc(-c3cncnc3)c2NC1Cl.O=P(Cl)(Cl)Cl. The fourth-order valence-corrected chi connectivity index (χ4v) is 9.16. The Balaban J connectivity index is 0.000000158. The Kier molecular flexibility index (Phi) is 18.9. The van der Waals surface area contributed by atoms with Crippen LogP contribution in [0.5, 0.6) is 0 Å². The predicted molar refractivity (Wildman–Crippen MR) is 296 cm³/mol. The number of hydrogen-bond donors (Lipinski definition) is 1. The van der Waals surface area contributed by atoms with Gasteiger partial charge in [-0.05, 0) is 159 Å². The van der Waals surface area contributed by atoms with E-state index in [0.717, 1.165) is 66.1 Å². The number of amides is 2. The lowest BCUT2D eigenvalue weighted by Crippen LogP contribution is -2.41. The van der Waals surface area contributed by atoms with Crippen molar-refractivity contribution in [1.29, 1.82) is 0 Å². The number of para-hydroxylation sites is 1. The van der Waals surface area contributed by atoms with Crippen molar-refractivity contribution in [3.8, 4) is 22.3 Å². The molecule has 0 bridgehead atoms. The normalized spacial score (nSPS) is 16.9. The van der Waals surface area contributed by atoms with Crippen molar-refractivity contribution in [1.82, 2.24) is 29.9 Å². The number of nitrogens with zero attached hydrogens (tertiary/aromatic N) is 9. The van der Waals surface area contributed by atoms with Crippen molar-refractivity contribution in [2.24, 2.45) is 0 Å². The van der Waals surface area contributed by atoms with Crippen molar-refractivity contribution in [3.05, 3.63) is 126 Å². The van der Waals surface area contributed by atoms with Gasteiger partial charge in [-0.2, -0.15) is 0 Å². The topological polar surface area (TPSA) is 169 Å². The average molecular weight is 1140 g/mol. The van der Waals surface area contributed by atoms with Gasteiger partial charge in [-0.1, -0.05) is 48.0 Å². The molecule has 0 aliphatic carbocycles. The number of aromatic nitrogens is 6. The van der Waals surface area contributed by atoms with Crippen LogP contribution in [-0.4, -0.2) is 83.8 Å². The third-order valence-corrected chi connectivity index (χ3v) is 13.0. The van der Waals surface area contributed by atoms with Gasteiger partial charge in [-0.15, -0.1) is 0 Å². The van der Waals surface area contributed by atoms with E-state index in [-0.39, 0.29) is 40.7 Å². The van der Waals surface area contributed by atoms with Gasteiger partial charge in [0.1, 0.15) is 19.0 Å². The quantitative estimate of drug-likeness (QED) is 0.0724. The monoisotopic (exact) mass is 1140 g/mol. The summed E-state index contributed by atoms with van der Waals surface area (Å²) in [4.78, 5) is 54.1. The third kappa shape index (κ3) is 13.7. The Bertz CT molecular complexity index is 2850. The summed E-state index contributed by atoms with van der Waals surface area (Å²) >= 11 is 23.4. The Labute approximate surface area is 449 Å². The van der Waals surface area contributed by atoms with Crippen LogP contribution >= 0.6 is 66.5 Å². The zero-order valence-corrected chi connectivity index (χ0v) is 47.1. The molecule has 22 heteroatoms. The minimum atomic E-state index is -3.22. The third-order valence-electron chi connectivity index (χ3n) is 12.2. The zero-order valence-electron chi connectivity index (χ0n) is 41.6. The molecule has 1 atom stereocenters. The lowest BCUT2D eigenvalue weighted by atomic mass is 9.75. The molecule has 15 nitrogen and oxygen atoms in total. The molecule has 0 saturated carbocycles. The molecular weight excluding hydrogens is 1080 g/mol. The Morgan fingerprint density at radius 1 is 0.639 bits per heavy atom. The van der Waals surface area contributed by atoms with Crippen molar-refractivity contribution in [2.45, 2.75) is 117 Å². The summed E-state index contributed by atoms with van der Waals surface area (Å²) in [6.07, 6.45) is 16.0. The van der Waals surface area contributed by atoms with Crippen molar-refractivity contribution < 1.29 is 23.5 Å². The zero-order chi connectivity index (χ0) is 52.7. The van der Waals surface area contributed by atoms with Gasteiger partial charge in [0, 0.05) is 83.4 Å². The standard InChI is InChI=1S/C17H24BNO3.C15H15N3O.C14H15ClN4.C4H3BrN2.Cl3OP/c1-11(2)19-14-9-7-8-13(12(14)10-15(19)20)18-21-16(3,4)17(5,6)22-18;1-10(2)18-14-5-3-4-12(13(14)6-15(18)19)11-7-16-9-17-8-11;1-9(2)19-12-5-3-4-11(13(12)18-14(19)15)10-6-16-8-17-7-10;5-4-1-6-3-7-2-4;1-5(2,3)4/h7-9,11H,10H2,1-6H3;3-5,7-10H,6H2,1-2H3;3-9,14,18H,1-2H3;1-3H;.